The summed E-state index contributed by atoms with van der Waals surface area (Å²) in [5.74, 6) is 1.20. The number of amides is 1. The van der Waals surface area contributed by atoms with Gasteiger partial charge in [-0.25, -0.2) is 0 Å². The van der Waals surface area contributed by atoms with Crippen molar-refractivity contribution >= 4 is 17.3 Å². The maximum atomic E-state index is 12.2. The van der Waals surface area contributed by atoms with E-state index in [1.807, 2.05) is 36.4 Å². The van der Waals surface area contributed by atoms with Gasteiger partial charge in [0.1, 0.15) is 11.5 Å². The van der Waals surface area contributed by atoms with E-state index in [0.29, 0.717) is 11.5 Å². The molecule has 0 spiro atoms. The molecule has 0 atom stereocenters. The molecule has 2 aromatic rings. The Morgan fingerprint density at radius 1 is 1.00 bits per heavy atom. The molecule has 5 nitrogen and oxygen atoms in total. The van der Waals surface area contributed by atoms with E-state index < -0.39 is 0 Å². The summed E-state index contributed by atoms with van der Waals surface area (Å²) in [7, 11) is 3.18. The van der Waals surface area contributed by atoms with Crippen molar-refractivity contribution < 1.29 is 14.3 Å². The Hall–Kier alpha value is -2.69. The average molecular weight is 342 g/mol. The molecule has 0 bridgehead atoms. The Balaban J connectivity index is 1.95. The van der Waals surface area contributed by atoms with Crippen LogP contribution in [0.5, 0.6) is 11.5 Å². The van der Waals surface area contributed by atoms with E-state index in [4.69, 9.17) is 9.47 Å². The number of methoxy groups -OCH3 is 2. The molecule has 0 saturated heterocycles. The zero-order valence-electron chi connectivity index (χ0n) is 15.5. The number of hydrogen-bond donors (Lipinski definition) is 2. The molecule has 0 aliphatic heterocycles. The van der Waals surface area contributed by atoms with E-state index in [1.54, 1.807) is 20.3 Å². The largest absolute Gasteiger partial charge is 0.497 e. The molecule has 0 unspecified atom stereocenters. The fraction of sp³-hybridized carbons (Fsp3) is 0.350. The number of nitrogens with one attached hydrogen (secondary N) is 2. The second kappa shape index (κ2) is 7.92. The van der Waals surface area contributed by atoms with E-state index in [-0.39, 0.29) is 17.9 Å². The highest BCUT2D eigenvalue weighted by molar-refractivity contribution is 5.94. The summed E-state index contributed by atoms with van der Waals surface area (Å²) in [6.07, 6.45) is 0. The van der Waals surface area contributed by atoms with Gasteiger partial charge < -0.3 is 20.1 Å². The van der Waals surface area contributed by atoms with Crippen molar-refractivity contribution in [2.75, 3.05) is 31.4 Å². The maximum absolute atomic E-state index is 12.2. The average Bonchev–Trinajstić information content (AvgIpc) is 2.59. The first kappa shape index (κ1) is 18.6. The summed E-state index contributed by atoms with van der Waals surface area (Å²) in [6.45, 7) is 6.62. The second-order valence-electron chi connectivity index (χ2n) is 6.80. The van der Waals surface area contributed by atoms with Crippen molar-refractivity contribution in [1.82, 2.24) is 0 Å². The summed E-state index contributed by atoms with van der Waals surface area (Å²) in [5, 5.41) is 5.96. The van der Waals surface area contributed by atoms with Crippen LogP contribution in [0.1, 0.15) is 26.3 Å². The van der Waals surface area contributed by atoms with Crippen LogP contribution in [0.3, 0.4) is 0 Å². The smallest absolute Gasteiger partial charge is 0.243 e. The van der Waals surface area contributed by atoms with Gasteiger partial charge in [-0.3, -0.25) is 4.79 Å². The number of carbonyl (C=O) groups excluding carboxylic acids is 1. The van der Waals surface area contributed by atoms with Crippen molar-refractivity contribution in [1.29, 1.82) is 0 Å². The first-order chi connectivity index (χ1) is 11.8. The number of hydrogen-bond acceptors (Lipinski definition) is 4. The molecule has 0 aromatic heterocycles. The quantitative estimate of drug-likeness (QED) is 0.831. The highest BCUT2D eigenvalue weighted by Crippen LogP contribution is 2.29. The molecule has 2 N–H and O–H groups in total. The lowest BCUT2D eigenvalue weighted by Crippen LogP contribution is -2.22. The van der Waals surface area contributed by atoms with Crippen LogP contribution in [-0.2, 0) is 10.2 Å². The van der Waals surface area contributed by atoms with Crippen molar-refractivity contribution in [3.63, 3.8) is 0 Å². The molecule has 0 fully saturated rings. The van der Waals surface area contributed by atoms with Crippen LogP contribution in [-0.4, -0.2) is 26.7 Å². The summed E-state index contributed by atoms with van der Waals surface area (Å²) in [5.41, 5.74) is 2.84. The zero-order valence-corrected chi connectivity index (χ0v) is 15.5. The van der Waals surface area contributed by atoms with Crippen LogP contribution in [0.15, 0.2) is 42.5 Å². The van der Waals surface area contributed by atoms with Crippen LogP contribution < -0.4 is 20.1 Å². The highest BCUT2D eigenvalue weighted by atomic mass is 16.5. The lowest BCUT2D eigenvalue weighted by molar-refractivity contribution is -0.114. The predicted octanol–water partition coefficient (Wildman–Crippen LogP) is 4.05. The Morgan fingerprint density at radius 2 is 1.68 bits per heavy atom. The van der Waals surface area contributed by atoms with Gasteiger partial charge in [-0.2, -0.15) is 0 Å². The summed E-state index contributed by atoms with van der Waals surface area (Å²) < 4.78 is 10.5. The standard InChI is InChI=1S/C20H26N2O3/c1-20(2,3)14-6-8-15(9-7-14)22-19(23)13-21-17-11-10-16(24-4)12-18(17)25-5/h6-12,21H,13H2,1-5H3,(H,22,23). The lowest BCUT2D eigenvalue weighted by Gasteiger charge is -2.19. The summed E-state index contributed by atoms with van der Waals surface area (Å²) in [6, 6.07) is 13.3. The fourth-order valence-electron chi connectivity index (χ4n) is 2.38. The van der Waals surface area contributed by atoms with Crippen molar-refractivity contribution in [3.8, 4) is 11.5 Å². The molecule has 2 rings (SSSR count). The molecule has 134 valence electrons. The molecule has 0 saturated carbocycles. The van der Waals surface area contributed by atoms with Gasteiger partial charge in [0.05, 0.1) is 26.5 Å². The number of benzene rings is 2. The Morgan fingerprint density at radius 3 is 2.24 bits per heavy atom. The normalized spacial score (nSPS) is 10.9. The third-order valence-electron chi connectivity index (χ3n) is 3.88. The topological polar surface area (TPSA) is 59.6 Å². The third-order valence-corrected chi connectivity index (χ3v) is 3.88. The highest BCUT2D eigenvalue weighted by Gasteiger charge is 2.13. The van der Waals surface area contributed by atoms with Crippen LogP contribution >= 0.6 is 0 Å². The minimum absolute atomic E-state index is 0.0923. The van der Waals surface area contributed by atoms with Gasteiger partial charge in [0.15, 0.2) is 0 Å². The molecule has 0 heterocycles. The van der Waals surface area contributed by atoms with Gasteiger partial charge in [-0.15, -0.1) is 0 Å². The fourth-order valence-corrected chi connectivity index (χ4v) is 2.38. The second-order valence-corrected chi connectivity index (χ2v) is 6.80. The van der Waals surface area contributed by atoms with Crippen LogP contribution in [0.25, 0.3) is 0 Å². The van der Waals surface area contributed by atoms with Gasteiger partial charge >= 0.3 is 0 Å². The molecular weight excluding hydrogens is 316 g/mol. The third kappa shape index (κ3) is 5.14. The van der Waals surface area contributed by atoms with E-state index in [9.17, 15) is 4.79 Å². The van der Waals surface area contributed by atoms with Crippen molar-refractivity contribution in [2.24, 2.45) is 0 Å². The Bertz CT molecular complexity index is 719. The van der Waals surface area contributed by atoms with E-state index in [0.717, 1.165) is 11.4 Å². The number of anilines is 2. The van der Waals surface area contributed by atoms with Crippen LogP contribution in [0.4, 0.5) is 11.4 Å². The van der Waals surface area contributed by atoms with Gasteiger partial charge in [0, 0.05) is 11.8 Å². The van der Waals surface area contributed by atoms with Gasteiger partial charge in [0.25, 0.3) is 0 Å². The molecule has 1 amide bonds. The first-order valence-electron chi connectivity index (χ1n) is 8.20. The minimum atomic E-state index is -0.124. The lowest BCUT2D eigenvalue weighted by atomic mass is 9.87. The van der Waals surface area contributed by atoms with E-state index in [2.05, 4.69) is 31.4 Å². The first-order valence-corrected chi connectivity index (χ1v) is 8.20. The number of carbonyl (C=O) groups is 1. The van der Waals surface area contributed by atoms with Gasteiger partial charge in [0.2, 0.25) is 5.91 Å². The molecule has 5 heteroatoms. The van der Waals surface area contributed by atoms with Crippen LogP contribution in [0.2, 0.25) is 0 Å². The summed E-state index contributed by atoms with van der Waals surface area (Å²) >= 11 is 0. The zero-order chi connectivity index (χ0) is 18.4. The molecule has 0 aliphatic carbocycles. The predicted molar refractivity (Wildman–Crippen MR) is 102 cm³/mol. The van der Waals surface area contributed by atoms with E-state index in [1.165, 1.54) is 5.56 Å². The minimum Gasteiger partial charge on any atom is -0.497 e. The molecule has 0 radical (unpaired) electrons. The van der Waals surface area contributed by atoms with Gasteiger partial charge in [-0.05, 0) is 35.2 Å². The monoisotopic (exact) mass is 342 g/mol. The molecule has 2 aromatic carbocycles. The number of rotatable bonds is 6. The molecule has 25 heavy (non-hydrogen) atoms. The maximum Gasteiger partial charge on any atom is 0.243 e. The van der Waals surface area contributed by atoms with E-state index >= 15 is 0 Å². The Labute approximate surface area is 149 Å². The van der Waals surface area contributed by atoms with Crippen LogP contribution in [0, 0.1) is 0 Å². The molecule has 0 aliphatic rings. The number of ether oxygens (including phenoxy) is 2. The summed E-state index contributed by atoms with van der Waals surface area (Å²) in [4.78, 5) is 12.2. The Kier molecular flexibility index (Phi) is 5.91. The molecular formula is C20H26N2O3. The van der Waals surface area contributed by atoms with Crippen molar-refractivity contribution in [3.05, 3.63) is 48.0 Å². The van der Waals surface area contributed by atoms with Gasteiger partial charge in [-0.1, -0.05) is 32.9 Å². The SMILES string of the molecule is COc1ccc(NCC(=O)Nc2ccc(C(C)(C)C)cc2)c(OC)c1. The van der Waals surface area contributed by atoms with Crippen molar-refractivity contribution in [2.45, 2.75) is 26.2 Å².